The molecule has 3 heterocycles. The van der Waals surface area contributed by atoms with E-state index in [0.29, 0.717) is 47.2 Å². The summed E-state index contributed by atoms with van der Waals surface area (Å²) in [4.78, 5) is 4.54. The zero-order valence-corrected chi connectivity index (χ0v) is 14.5. The molecule has 0 aliphatic rings. The molecule has 3 aromatic heterocycles. The summed E-state index contributed by atoms with van der Waals surface area (Å²) in [5.41, 5.74) is 2.35. The molecule has 0 fully saturated rings. The number of nitrogens with zero attached hydrogens (tertiary/aromatic N) is 6. The van der Waals surface area contributed by atoms with E-state index in [1.807, 2.05) is 0 Å². The Kier molecular flexibility index (Phi) is 4.41. The summed E-state index contributed by atoms with van der Waals surface area (Å²) in [5.74, 6) is 0.674. The fourth-order valence-electron chi connectivity index (χ4n) is 2.63. The van der Waals surface area contributed by atoms with Crippen molar-refractivity contribution < 1.29 is 22.3 Å². The monoisotopic (exact) mass is 390 g/mol. The molecule has 0 spiro atoms. The molecule has 0 radical (unpaired) electrons. The van der Waals surface area contributed by atoms with Gasteiger partial charge in [0.15, 0.2) is 5.65 Å². The van der Waals surface area contributed by atoms with Crippen LogP contribution in [-0.2, 0) is 13.0 Å². The Hall–Kier alpha value is -3.50. The van der Waals surface area contributed by atoms with Gasteiger partial charge in [-0.1, -0.05) is 5.21 Å². The molecule has 1 aromatic carbocycles. The number of aryl methyl sites for hydroxylation is 3. The predicted molar refractivity (Wildman–Crippen MR) is 90.2 cm³/mol. The van der Waals surface area contributed by atoms with Crippen LogP contribution in [0.25, 0.3) is 22.4 Å². The van der Waals surface area contributed by atoms with Gasteiger partial charge in [0.1, 0.15) is 11.3 Å². The first-order valence-corrected chi connectivity index (χ1v) is 8.23. The van der Waals surface area contributed by atoms with Crippen molar-refractivity contribution in [3.8, 4) is 17.0 Å². The van der Waals surface area contributed by atoms with Crippen LogP contribution in [0.5, 0.6) is 5.75 Å². The quantitative estimate of drug-likeness (QED) is 0.516. The number of fused-ring (bicyclic) bond motifs is 1. The van der Waals surface area contributed by atoms with Crippen LogP contribution in [-0.4, -0.2) is 36.5 Å². The maximum atomic E-state index is 12.3. The minimum Gasteiger partial charge on any atom is -0.426 e. The van der Waals surface area contributed by atoms with Gasteiger partial charge < -0.3 is 9.15 Å². The van der Waals surface area contributed by atoms with E-state index < -0.39 is 6.36 Å². The zero-order chi connectivity index (χ0) is 19.7. The predicted octanol–water partition coefficient (Wildman–Crippen LogP) is 3.33. The number of rotatable bonds is 5. The zero-order valence-electron chi connectivity index (χ0n) is 14.5. The Morgan fingerprint density at radius 2 is 1.82 bits per heavy atom. The Morgan fingerprint density at radius 3 is 2.50 bits per heavy atom. The number of aromatic nitrogens is 6. The number of halogens is 3. The van der Waals surface area contributed by atoms with Crippen molar-refractivity contribution in [1.82, 2.24) is 30.2 Å². The number of ether oxygens (including phenoxy) is 1. The van der Waals surface area contributed by atoms with Gasteiger partial charge in [0.05, 0.1) is 12.2 Å². The minimum absolute atomic E-state index is 0.293. The molecule has 0 atom stereocenters. The topological polar surface area (TPSA) is 91.8 Å². The molecule has 8 nitrogen and oxygen atoms in total. The van der Waals surface area contributed by atoms with Gasteiger partial charge in [0.25, 0.3) is 0 Å². The van der Waals surface area contributed by atoms with Crippen molar-refractivity contribution in [3.05, 3.63) is 48.2 Å². The lowest BCUT2D eigenvalue weighted by molar-refractivity contribution is -0.274. The highest BCUT2D eigenvalue weighted by Crippen LogP contribution is 2.26. The molecule has 0 aliphatic carbocycles. The molecule has 0 unspecified atom stereocenters. The van der Waals surface area contributed by atoms with Crippen molar-refractivity contribution in [2.75, 3.05) is 0 Å². The second-order valence-electron chi connectivity index (χ2n) is 5.89. The van der Waals surface area contributed by atoms with Crippen molar-refractivity contribution >= 4 is 11.2 Å². The summed E-state index contributed by atoms with van der Waals surface area (Å²) in [6, 6.07) is 8.96. The molecule has 4 aromatic rings. The van der Waals surface area contributed by atoms with Gasteiger partial charge >= 0.3 is 6.36 Å². The third kappa shape index (κ3) is 3.92. The summed E-state index contributed by atoms with van der Waals surface area (Å²) >= 11 is 0. The standard InChI is InChI=1S/C17H13F3N6O2/c1-10-22-24-15(27-10)8-9-26-16-14(23-25-26)7-6-13(21-16)11-2-4-12(5-3-11)28-17(18,19)20/h2-7H,8-9H2,1H3. The molecular weight excluding hydrogens is 377 g/mol. The van der Waals surface area contributed by atoms with Gasteiger partial charge in [-0.3, -0.25) is 0 Å². The Morgan fingerprint density at radius 1 is 1.04 bits per heavy atom. The maximum absolute atomic E-state index is 12.3. The molecule has 11 heteroatoms. The van der Waals surface area contributed by atoms with E-state index >= 15 is 0 Å². The largest absolute Gasteiger partial charge is 0.573 e. The highest BCUT2D eigenvalue weighted by molar-refractivity contribution is 5.74. The third-order valence-corrected chi connectivity index (χ3v) is 3.85. The number of pyridine rings is 1. The van der Waals surface area contributed by atoms with Crippen LogP contribution in [0.4, 0.5) is 13.2 Å². The summed E-state index contributed by atoms with van der Waals surface area (Å²) in [7, 11) is 0. The number of alkyl halides is 3. The fraction of sp³-hybridized carbons (Fsp3) is 0.235. The van der Waals surface area contributed by atoms with Crippen molar-refractivity contribution in [3.63, 3.8) is 0 Å². The Bertz CT molecular complexity index is 1100. The highest BCUT2D eigenvalue weighted by atomic mass is 19.4. The van der Waals surface area contributed by atoms with Gasteiger partial charge in [0.2, 0.25) is 11.8 Å². The lowest BCUT2D eigenvalue weighted by Gasteiger charge is -2.09. The number of benzene rings is 1. The summed E-state index contributed by atoms with van der Waals surface area (Å²) in [6.07, 6.45) is -4.26. The Labute approximate surface area is 156 Å². The third-order valence-electron chi connectivity index (χ3n) is 3.85. The van der Waals surface area contributed by atoms with E-state index in [0.717, 1.165) is 0 Å². The second kappa shape index (κ2) is 6.91. The first-order valence-electron chi connectivity index (χ1n) is 8.23. The van der Waals surface area contributed by atoms with E-state index in [1.165, 1.54) is 24.3 Å². The van der Waals surface area contributed by atoms with Crippen LogP contribution in [0, 0.1) is 6.92 Å². The van der Waals surface area contributed by atoms with Crippen LogP contribution in [0.1, 0.15) is 11.8 Å². The average Bonchev–Trinajstić information content (AvgIpc) is 3.24. The van der Waals surface area contributed by atoms with E-state index in [1.54, 1.807) is 23.7 Å². The number of hydrogen-bond donors (Lipinski definition) is 0. The molecule has 4 rings (SSSR count). The van der Waals surface area contributed by atoms with Crippen LogP contribution in [0.15, 0.2) is 40.8 Å². The van der Waals surface area contributed by atoms with Crippen LogP contribution in [0.3, 0.4) is 0 Å². The molecule has 144 valence electrons. The first kappa shape index (κ1) is 17.9. The van der Waals surface area contributed by atoms with Crippen molar-refractivity contribution in [2.45, 2.75) is 26.3 Å². The van der Waals surface area contributed by atoms with Gasteiger partial charge in [0, 0.05) is 18.9 Å². The Balaban J connectivity index is 1.56. The fourth-order valence-corrected chi connectivity index (χ4v) is 2.63. The highest BCUT2D eigenvalue weighted by Gasteiger charge is 2.31. The van der Waals surface area contributed by atoms with Crippen molar-refractivity contribution in [1.29, 1.82) is 0 Å². The van der Waals surface area contributed by atoms with E-state index in [2.05, 4.69) is 30.2 Å². The first-order chi connectivity index (χ1) is 13.4. The van der Waals surface area contributed by atoms with Crippen LogP contribution < -0.4 is 4.74 Å². The van der Waals surface area contributed by atoms with Gasteiger partial charge in [-0.15, -0.1) is 28.5 Å². The SMILES string of the molecule is Cc1nnc(CCn2nnc3ccc(-c4ccc(OC(F)(F)F)cc4)nc32)o1. The molecule has 0 saturated carbocycles. The molecular formula is C17H13F3N6O2. The van der Waals surface area contributed by atoms with Crippen LogP contribution >= 0.6 is 0 Å². The van der Waals surface area contributed by atoms with Gasteiger partial charge in [-0.2, -0.15) is 0 Å². The summed E-state index contributed by atoms with van der Waals surface area (Å²) < 4.78 is 47.7. The van der Waals surface area contributed by atoms with Crippen molar-refractivity contribution in [2.24, 2.45) is 0 Å². The van der Waals surface area contributed by atoms with Crippen LogP contribution in [0.2, 0.25) is 0 Å². The lowest BCUT2D eigenvalue weighted by Crippen LogP contribution is -2.16. The van der Waals surface area contributed by atoms with E-state index in [9.17, 15) is 13.2 Å². The smallest absolute Gasteiger partial charge is 0.426 e. The second-order valence-corrected chi connectivity index (χ2v) is 5.89. The van der Waals surface area contributed by atoms with E-state index in [-0.39, 0.29) is 5.75 Å². The van der Waals surface area contributed by atoms with Gasteiger partial charge in [-0.25, -0.2) is 9.67 Å². The molecule has 0 N–H and O–H groups in total. The molecule has 0 aliphatic heterocycles. The summed E-state index contributed by atoms with van der Waals surface area (Å²) in [5, 5.41) is 15.8. The van der Waals surface area contributed by atoms with Gasteiger partial charge in [-0.05, 0) is 36.4 Å². The number of hydrogen-bond acceptors (Lipinski definition) is 7. The molecule has 0 bridgehead atoms. The van der Waals surface area contributed by atoms with E-state index in [4.69, 9.17) is 4.42 Å². The maximum Gasteiger partial charge on any atom is 0.573 e. The summed E-state index contributed by atoms with van der Waals surface area (Å²) in [6.45, 7) is 2.15. The normalized spacial score (nSPS) is 11.9. The molecule has 28 heavy (non-hydrogen) atoms. The molecule has 0 saturated heterocycles. The molecule has 0 amide bonds. The average molecular weight is 390 g/mol. The minimum atomic E-state index is -4.73. The lowest BCUT2D eigenvalue weighted by atomic mass is 10.1.